The number of pyridine rings is 1. The molecular formula is C14H17N5O. The SMILES string of the molecule is N[C@@H]1CC[C@@H](NC(=O)c2cc(-c3ccncc3)n[nH]2)C1. The Morgan fingerprint density at radius 3 is 2.85 bits per heavy atom. The van der Waals surface area contributed by atoms with E-state index in [2.05, 4.69) is 20.5 Å². The standard InChI is InChI=1S/C14H17N5O/c15-10-1-2-11(7-10)17-14(20)13-8-12(18-19-13)9-3-5-16-6-4-9/h3-6,8,10-11H,1-2,7,15H2,(H,17,20)(H,18,19)/t10-,11-/m1/s1. The molecule has 1 aliphatic carbocycles. The number of aromatic nitrogens is 3. The number of aromatic amines is 1. The third-order valence-corrected chi connectivity index (χ3v) is 3.61. The number of nitrogens with two attached hydrogens (primary N) is 1. The van der Waals surface area contributed by atoms with E-state index in [9.17, 15) is 4.79 Å². The Hall–Kier alpha value is -2.21. The number of carbonyl (C=O) groups excluding carboxylic acids is 1. The van der Waals surface area contributed by atoms with Crippen molar-refractivity contribution in [1.29, 1.82) is 0 Å². The van der Waals surface area contributed by atoms with Gasteiger partial charge in [0, 0.05) is 30.0 Å². The fraction of sp³-hybridized carbons (Fsp3) is 0.357. The molecule has 1 amide bonds. The molecule has 0 aliphatic heterocycles. The third kappa shape index (κ3) is 2.70. The maximum atomic E-state index is 12.1. The predicted molar refractivity (Wildman–Crippen MR) is 74.9 cm³/mol. The maximum Gasteiger partial charge on any atom is 0.269 e. The molecule has 0 saturated heterocycles. The summed E-state index contributed by atoms with van der Waals surface area (Å²) in [4.78, 5) is 16.1. The summed E-state index contributed by atoms with van der Waals surface area (Å²) < 4.78 is 0. The van der Waals surface area contributed by atoms with E-state index in [0.29, 0.717) is 5.69 Å². The first-order chi connectivity index (χ1) is 9.72. The van der Waals surface area contributed by atoms with Gasteiger partial charge in [-0.1, -0.05) is 0 Å². The number of carbonyl (C=O) groups is 1. The molecule has 0 radical (unpaired) electrons. The van der Waals surface area contributed by atoms with E-state index < -0.39 is 0 Å². The first-order valence-corrected chi connectivity index (χ1v) is 6.74. The van der Waals surface area contributed by atoms with E-state index >= 15 is 0 Å². The summed E-state index contributed by atoms with van der Waals surface area (Å²) in [6.45, 7) is 0. The molecule has 1 aliphatic rings. The smallest absolute Gasteiger partial charge is 0.269 e. The van der Waals surface area contributed by atoms with E-state index in [0.717, 1.165) is 30.5 Å². The Morgan fingerprint density at radius 2 is 2.15 bits per heavy atom. The molecule has 0 unspecified atom stereocenters. The quantitative estimate of drug-likeness (QED) is 0.778. The highest BCUT2D eigenvalue weighted by Crippen LogP contribution is 2.19. The topological polar surface area (TPSA) is 96.7 Å². The molecule has 6 nitrogen and oxygen atoms in total. The molecule has 6 heteroatoms. The molecule has 1 fully saturated rings. The van der Waals surface area contributed by atoms with Gasteiger partial charge in [-0.3, -0.25) is 14.9 Å². The van der Waals surface area contributed by atoms with E-state index in [1.54, 1.807) is 18.5 Å². The van der Waals surface area contributed by atoms with Gasteiger partial charge in [0.25, 0.3) is 5.91 Å². The lowest BCUT2D eigenvalue weighted by atomic mass is 10.2. The Labute approximate surface area is 116 Å². The van der Waals surface area contributed by atoms with Gasteiger partial charge in [0.2, 0.25) is 0 Å². The van der Waals surface area contributed by atoms with Crippen LogP contribution in [0.4, 0.5) is 0 Å². The molecule has 2 atom stereocenters. The predicted octanol–water partition coefficient (Wildman–Crippen LogP) is 1.08. The highest BCUT2D eigenvalue weighted by molar-refractivity contribution is 5.93. The van der Waals surface area contributed by atoms with E-state index in [1.807, 2.05) is 12.1 Å². The van der Waals surface area contributed by atoms with Crippen molar-refractivity contribution in [1.82, 2.24) is 20.5 Å². The highest BCUT2D eigenvalue weighted by Gasteiger charge is 2.24. The van der Waals surface area contributed by atoms with Crippen molar-refractivity contribution in [2.24, 2.45) is 5.73 Å². The van der Waals surface area contributed by atoms with Crippen LogP contribution in [0.15, 0.2) is 30.6 Å². The average Bonchev–Trinajstić information content (AvgIpc) is 3.09. The minimum atomic E-state index is -0.128. The summed E-state index contributed by atoms with van der Waals surface area (Å²) in [5, 5.41) is 9.92. The van der Waals surface area contributed by atoms with E-state index in [4.69, 9.17) is 5.73 Å². The zero-order valence-electron chi connectivity index (χ0n) is 11.0. The van der Waals surface area contributed by atoms with Gasteiger partial charge in [0.05, 0.1) is 5.69 Å². The average molecular weight is 271 g/mol. The van der Waals surface area contributed by atoms with Crippen molar-refractivity contribution in [3.05, 3.63) is 36.3 Å². The van der Waals surface area contributed by atoms with Gasteiger partial charge in [-0.25, -0.2) is 0 Å². The Kier molecular flexibility index (Phi) is 3.47. The summed E-state index contributed by atoms with van der Waals surface area (Å²) in [7, 11) is 0. The second kappa shape index (κ2) is 5.42. The Balaban J connectivity index is 1.69. The van der Waals surface area contributed by atoms with Gasteiger partial charge >= 0.3 is 0 Å². The van der Waals surface area contributed by atoms with Crippen LogP contribution in [-0.4, -0.2) is 33.2 Å². The van der Waals surface area contributed by atoms with Crippen molar-refractivity contribution >= 4 is 5.91 Å². The maximum absolute atomic E-state index is 12.1. The molecule has 4 N–H and O–H groups in total. The summed E-state index contributed by atoms with van der Waals surface area (Å²) in [5.41, 5.74) is 7.98. The van der Waals surface area contributed by atoms with Crippen LogP contribution in [0, 0.1) is 0 Å². The molecule has 0 aromatic carbocycles. The van der Waals surface area contributed by atoms with E-state index in [-0.39, 0.29) is 18.0 Å². The van der Waals surface area contributed by atoms with Crippen molar-refractivity contribution in [2.45, 2.75) is 31.3 Å². The van der Waals surface area contributed by atoms with Gasteiger partial charge in [0.1, 0.15) is 5.69 Å². The summed E-state index contributed by atoms with van der Waals surface area (Å²) in [6, 6.07) is 5.83. The van der Waals surface area contributed by atoms with Gasteiger partial charge < -0.3 is 11.1 Å². The number of H-pyrrole nitrogens is 1. The van der Waals surface area contributed by atoms with Crippen molar-refractivity contribution in [3.63, 3.8) is 0 Å². The normalized spacial score (nSPS) is 21.9. The number of rotatable bonds is 3. The van der Waals surface area contributed by atoms with Gasteiger partial charge in [0.15, 0.2) is 0 Å². The third-order valence-electron chi connectivity index (χ3n) is 3.61. The van der Waals surface area contributed by atoms with Crippen LogP contribution < -0.4 is 11.1 Å². The number of nitrogens with one attached hydrogen (secondary N) is 2. The minimum Gasteiger partial charge on any atom is -0.348 e. The summed E-state index contributed by atoms with van der Waals surface area (Å²) in [5.74, 6) is -0.128. The summed E-state index contributed by atoms with van der Waals surface area (Å²) in [6.07, 6.45) is 6.15. The summed E-state index contributed by atoms with van der Waals surface area (Å²) >= 11 is 0. The first kappa shape index (κ1) is 12.8. The molecule has 20 heavy (non-hydrogen) atoms. The minimum absolute atomic E-state index is 0.128. The zero-order valence-corrected chi connectivity index (χ0v) is 11.0. The molecular weight excluding hydrogens is 254 g/mol. The lowest BCUT2D eigenvalue weighted by molar-refractivity contribution is 0.0932. The van der Waals surface area contributed by atoms with Crippen LogP contribution in [0.3, 0.4) is 0 Å². The molecule has 1 saturated carbocycles. The molecule has 0 bridgehead atoms. The largest absolute Gasteiger partial charge is 0.348 e. The van der Waals surface area contributed by atoms with Crippen molar-refractivity contribution in [3.8, 4) is 11.3 Å². The van der Waals surface area contributed by atoms with Crippen LogP contribution >= 0.6 is 0 Å². The molecule has 104 valence electrons. The van der Waals surface area contributed by atoms with Crippen LogP contribution in [0.25, 0.3) is 11.3 Å². The second-order valence-electron chi connectivity index (χ2n) is 5.15. The zero-order chi connectivity index (χ0) is 13.9. The van der Waals surface area contributed by atoms with Crippen LogP contribution in [-0.2, 0) is 0 Å². The molecule has 2 aromatic rings. The van der Waals surface area contributed by atoms with Crippen molar-refractivity contribution in [2.75, 3.05) is 0 Å². The first-order valence-electron chi connectivity index (χ1n) is 6.74. The van der Waals surface area contributed by atoms with Crippen LogP contribution in [0.2, 0.25) is 0 Å². The number of nitrogens with zero attached hydrogens (tertiary/aromatic N) is 2. The number of hydrogen-bond donors (Lipinski definition) is 3. The second-order valence-corrected chi connectivity index (χ2v) is 5.15. The molecule has 2 aromatic heterocycles. The number of amides is 1. The van der Waals surface area contributed by atoms with E-state index in [1.165, 1.54) is 0 Å². The monoisotopic (exact) mass is 271 g/mol. The molecule has 3 rings (SSSR count). The Morgan fingerprint density at radius 1 is 1.35 bits per heavy atom. The van der Waals surface area contributed by atoms with Gasteiger partial charge in [-0.05, 0) is 37.5 Å². The molecule has 2 heterocycles. The highest BCUT2D eigenvalue weighted by atomic mass is 16.2. The fourth-order valence-corrected chi connectivity index (χ4v) is 2.52. The Bertz CT molecular complexity index is 595. The lowest BCUT2D eigenvalue weighted by Gasteiger charge is -2.10. The van der Waals surface area contributed by atoms with Gasteiger partial charge in [-0.2, -0.15) is 5.10 Å². The number of hydrogen-bond acceptors (Lipinski definition) is 4. The lowest BCUT2D eigenvalue weighted by Crippen LogP contribution is -2.34. The fourth-order valence-electron chi connectivity index (χ4n) is 2.52. The van der Waals surface area contributed by atoms with Gasteiger partial charge in [-0.15, -0.1) is 0 Å². The molecule has 0 spiro atoms. The van der Waals surface area contributed by atoms with Crippen molar-refractivity contribution < 1.29 is 4.79 Å². The van der Waals surface area contributed by atoms with Crippen LogP contribution in [0.1, 0.15) is 29.8 Å². The van der Waals surface area contributed by atoms with Crippen LogP contribution in [0.5, 0.6) is 0 Å².